The highest BCUT2D eigenvalue weighted by Crippen LogP contribution is 2.47. The van der Waals surface area contributed by atoms with Crippen molar-refractivity contribution in [2.24, 2.45) is 11.1 Å². The van der Waals surface area contributed by atoms with Gasteiger partial charge in [-0.25, -0.2) is 14.0 Å². The molecule has 15 heteroatoms. The van der Waals surface area contributed by atoms with Gasteiger partial charge in [-0.15, -0.1) is 0 Å². The molecule has 0 saturated carbocycles. The van der Waals surface area contributed by atoms with Crippen molar-refractivity contribution in [2.75, 3.05) is 32.7 Å². The Balaban J connectivity index is 0.000000362. The summed E-state index contributed by atoms with van der Waals surface area (Å²) in [6.45, 7) is 4.01. The normalized spacial score (nSPS) is 19.7. The fourth-order valence-electron chi connectivity index (χ4n) is 3.79. The molecule has 3 rings (SSSR count). The Kier molecular flexibility index (Phi) is 10.4. The minimum atomic E-state index is -5.08. The number of piperidine rings is 1. The van der Waals surface area contributed by atoms with Crippen LogP contribution in [-0.2, 0) is 14.4 Å². The predicted molar refractivity (Wildman–Crippen MR) is 107 cm³/mol. The van der Waals surface area contributed by atoms with E-state index in [4.69, 9.17) is 25.5 Å². The number of likely N-dealkylation sites (tertiary alicyclic amines) is 1. The molecule has 2 saturated heterocycles. The third kappa shape index (κ3) is 8.65. The summed E-state index contributed by atoms with van der Waals surface area (Å²) in [5.74, 6) is -5.45. The lowest BCUT2D eigenvalue weighted by Gasteiger charge is -2.41. The van der Waals surface area contributed by atoms with Gasteiger partial charge in [-0.05, 0) is 43.6 Å². The molecule has 1 amide bonds. The first-order valence-corrected chi connectivity index (χ1v) is 10.1. The molecule has 2 aliphatic rings. The van der Waals surface area contributed by atoms with Gasteiger partial charge >= 0.3 is 24.3 Å². The van der Waals surface area contributed by atoms with E-state index in [0.717, 1.165) is 38.0 Å². The SMILES string of the molecule is NCCN1CCC2(CC1)C(=O)NC[C@H]2c1ccc(F)cc1.O=C(O)C(F)(F)F.O=C(O)C(F)(F)F. The van der Waals surface area contributed by atoms with Crippen molar-refractivity contribution in [3.63, 3.8) is 0 Å². The molecule has 1 spiro atoms. The highest BCUT2D eigenvalue weighted by atomic mass is 19.4. The molecular formula is C20H24F7N3O5. The van der Waals surface area contributed by atoms with Crippen molar-refractivity contribution >= 4 is 17.8 Å². The standard InChI is InChI=1S/C16H22FN3O.2C2HF3O2/c17-13-3-1-12(2-4-13)14-11-19-15(21)16(14)5-8-20(9-6-16)10-7-18;2*3-2(4,5)1(6)7/h1-4,14H,5-11,18H2,(H,19,21);2*(H,6,7)/t14-;;/m0../s1. The molecule has 198 valence electrons. The molecule has 2 aliphatic heterocycles. The fraction of sp³-hybridized carbons (Fsp3) is 0.550. The van der Waals surface area contributed by atoms with E-state index in [0.29, 0.717) is 13.1 Å². The summed E-state index contributed by atoms with van der Waals surface area (Å²) in [7, 11) is 0. The zero-order valence-electron chi connectivity index (χ0n) is 18.1. The number of hydrogen-bond acceptors (Lipinski definition) is 5. The number of nitrogens with two attached hydrogens (primary N) is 1. The van der Waals surface area contributed by atoms with Gasteiger partial charge in [0, 0.05) is 25.6 Å². The first-order valence-electron chi connectivity index (χ1n) is 10.1. The van der Waals surface area contributed by atoms with Crippen LogP contribution in [-0.4, -0.2) is 78.0 Å². The van der Waals surface area contributed by atoms with Gasteiger partial charge in [-0.3, -0.25) is 4.79 Å². The van der Waals surface area contributed by atoms with Crippen molar-refractivity contribution in [3.8, 4) is 0 Å². The Labute approximate surface area is 194 Å². The van der Waals surface area contributed by atoms with Crippen LogP contribution in [0.5, 0.6) is 0 Å². The lowest BCUT2D eigenvalue weighted by molar-refractivity contribution is -0.193. The molecule has 2 heterocycles. The number of aliphatic carboxylic acids is 2. The molecule has 35 heavy (non-hydrogen) atoms. The number of nitrogens with one attached hydrogen (secondary N) is 1. The Bertz CT molecular complexity index is 843. The molecule has 0 radical (unpaired) electrons. The summed E-state index contributed by atoms with van der Waals surface area (Å²) in [6.07, 6.45) is -8.47. The number of hydrogen-bond donors (Lipinski definition) is 4. The van der Waals surface area contributed by atoms with Gasteiger partial charge in [-0.1, -0.05) is 12.1 Å². The van der Waals surface area contributed by atoms with Crippen LogP contribution in [0.15, 0.2) is 24.3 Å². The number of rotatable bonds is 3. The number of halogens is 7. The Morgan fingerprint density at radius 3 is 1.80 bits per heavy atom. The molecule has 1 atom stereocenters. The van der Waals surface area contributed by atoms with Crippen LogP contribution in [0.4, 0.5) is 30.7 Å². The van der Waals surface area contributed by atoms with Crippen LogP contribution in [0.2, 0.25) is 0 Å². The van der Waals surface area contributed by atoms with E-state index in [1.54, 1.807) is 0 Å². The highest BCUT2D eigenvalue weighted by Gasteiger charge is 2.51. The zero-order valence-corrected chi connectivity index (χ0v) is 18.1. The molecule has 1 aromatic rings. The average molecular weight is 519 g/mol. The largest absolute Gasteiger partial charge is 0.490 e. The maximum Gasteiger partial charge on any atom is 0.490 e. The number of carbonyl (C=O) groups excluding carboxylic acids is 1. The van der Waals surface area contributed by atoms with Gasteiger partial charge in [0.15, 0.2) is 0 Å². The quantitative estimate of drug-likeness (QED) is 0.451. The molecule has 8 nitrogen and oxygen atoms in total. The van der Waals surface area contributed by atoms with Crippen LogP contribution < -0.4 is 11.1 Å². The van der Waals surface area contributed by atoms with Gasteiger partial charge in [0.25, 0.3) is 0 Å². The number of carboxylic acids is 2. The number of carbonyl (C=O) groups is 3. The second-order valence-corrected chi connectivity index (χ2v) is 7.71. The van der Waals surface area contributed by atoms with Crippen LogP contribution in [0.25, 0.3) is 0 Å². The summed E-state index contributed by atoms with van der Waals surface area (Å²) in [4.78, 5) is 32.5. The van der Waals surface area contributed by atoms with Gasteiger partial charge in [-0.2, -0.15) is 26.3 Å². The van der Waals surface area contributed by atoms with Crippen molar-refractivity contribution in [1.82, 2.24) is 10.2 Å². The van der Waals surface area contributed by atoms with E-state index in [1.165, 1.54) is 12.1 Å². The fourth-order valence-corrected chi connectivity index (χ4v) is 3.79. The number of carboxylic acid groups (broad SMARTS) is 2. The molecule has 0 unspecified atom stereocenters. The minimum absolute atomic E-state index is 0.144. The number of nitrogens with zero attached hydrogens (tertiary/aromatic N) is 1. The smallest absolute Gasteiger partial charge is 0.475 e. The van der Waals surface area contributed by atoms with Crippen LogP contribution in [0, 0.1) is 11.2 Å². The van der Waals surface area contributed by atoms with E-state index in [1.807, 2.05) is 12.1 Å². The Morgan fingerprint density at radius 1 is 1.00 bits per heavy atom. The third-order valence-corrected chi connectivity index (χ3v) is 5.54. The van der Waals surface area contributed by atoms with Crippen LogP contribution in [0.3, 0.4) is 0 Å². The number of alkyl halides is 6. The van der Waals surface area contributed by atoms with E-state index in [-0.39, 0.29) is 23.1 Å². The molecule has 5 N–H and O–H groups in total. The van der Waals surface area contributed by atoms with E-state index in [9.17, 15) is 35.5 Å². The van der Waals surface area contributed by atoms with Crippen LogP contribution in [0.1, 0.15) is 24.3 Å². The van der Waals surface area contributed by atoms with E-state index < -0.39 is 24.3 Å². The molecule has 0 aromatic heterocycles. The van der Waals surface area contributed by atoms with Crippen molar-refractivity contribution < 1.29 is 55.3 Å². The summed E-state index contributed by atoms with van der Waals surface area (Å²) >= 11 is 0. The summed E-state index contributed by atoms with van der Waals surface area (Å²) in [5, 5.41) is 17.3. The van der Waals surface area contributed by atoms with Gasteiger partial charge in [0.1, 0.15) is 5.82 Å². The molecule has 0 aliphatic carbocycles. The summed E-state index contributed by atoms with van der Waals surface area (Å²) in [6, 6.07) is 6.59. The maximum absolute atomic E-state index is 13.1. The summed E-state index contributed by atoms with van der Waals surface area (Å²) < 4.78 is 76.6. The molecule has 0 bridgehead atoms. The topological polar surface area (TPSA) is 133 Å². The molecule has 1 aromatic carbocycles. The maximum atomic E-state index is 13.1. The number of amides is 1. The lowest BCUT2D eigenvalue weighted by atomic mass is 9.68. The Morgan fingerprint density at radius 2 is 1.43 bits per heavy atom. The number of benzene rings is 1. The van der Waals surface area contributed by atoms with Crippen molar-refractivity contribution in [2.45, 2.75) is 31.1 Å². The van der Waals surface area contributed by atoms with Gasteiger partial charge in [0.2, 0.25) is 5.91 Å². The van der Waals surface area contributed by atoms with E-state index in [2.05, 4.69) is 10.2 Å². The molecule has 2 fully saturated rings. The van der Waals surface area contributed by atoms with Crippen molar-refractivity contribution in [1.29, 1.82) is 0 Å². The van der Waals surface area contributed by atoms with Gasteiger partial charge < -0.3 is 26.2 Å². The second-order valence-electron chi connectivity index (χ2n) is 7.71. The monoisotopic (exact) mass is 519 g/mol. The highest BCUT2D eigenvalue weighted by molar-refractivity contribution is 5.86. The first kappa shape index (κ1) is 30.1. The van der Waals surface area contributed by atoms with Crippen LogP contribution >= 0.6 is 0 Å². The van der Waals surface area contributed by atoms with Crippen molar-refractivity contribution in [3.05, 3.63) is 35.6 Å². The molecular weight excluding hydrogens is 495 g/mol. The zero-order chi connectivity index (χ0) is 27.0. The summed E-state index contributed by atoms with van der Waals surface area (Å²) in [5.41, 5.74) is 6.33. The second kappa shape index (κ2) is 12.2. The van der Waals surface area contributed by atoms with E-state index >= 15 is 0 Å². The third-order valence-electron chi connectivity index (χ3n) is 5.54. The first-order chi connectivity index (χ1) is 16.0. The average Bonchev–Trinajstić information content (AvgIpc) is 3.06. The van der Waals surface area contributed by atoms with Gasteiger partial charge in [0.05, 0.1) is 5.41 Å². The minimum Gasteiger partial charge on any atom is -0.475 e. The Hall–Kier alpha value is -2.94. The predicted octanol–water partition coefficient (Wildman–Crippen LogP) is 2.35. The lowest BCUT2D eigenvalue weighted by Crippen LogP contribution is -2.47.